The normalized spacial score (nSPS) is 12.7. The molecular weight excluding hydrogens is 532 g/mol. The Morgan fingerprint density at radius 3 is 1.85 bits per heavy atom. The summed E-state index contributed by atoms with van der Waals surface area (Å²) in [6.45, 7) is 3.15. The number of hydrogen-bond donors (Lipinski definition) is 2. The minimum Gasteiger partial charge on any atom is -0.392 e. The number of nitrogens with zero attached hydrogens (tertiary/aromatic N) is 1. The number of aliphatic hydroxyl groups excluding tert-OH is 1. The molecule has 0 amide bonds. The number of nitrogens with one attached hydrogen (secondary N) is 1. The van der Waals surface area contributed by atoms with E-state index in [9.17, 15) is 21.9 Å². The molecule has 2 N–H and O–H groups in total. The molecule has 0 heterocycles. The SMILES string of the molecule is Cc1ccc(S(=O)(=O)N[C@@H](Cc2ccccc2)CN(c2ccccc2CO)S(=O)(=O)c2ccc(C)cc2)cc1. The van der Waals surface area contributed by atoms with Crippen LogP contribution in [-0.4, -0.2) is 34.5 Å². The second-order valence-corrected chi connectivity index (χ2v) is 13.0. The molecule has 39 heavy (non-hydrogen) atoms. The van der Waals surface area contributed by atoms with E-state index in [0.29, 0.717) is 5.56 Å². The molecule has 1 atom stereocenters. The Kier molecular flexibility index (Phi) is 8.87. The van der Waals surface area contributed by atoms with Crippen LogP contribution in [-0.2, 0) is 33.1 Å². The van der Waals surface area contributed by atoms with Crippen LogP contribution in [0.2, 0.25) is 0 Å². The lowest BCUT2D eigenvalue weighted by Gasteiger charge is -2.31. The average Bonchev–Trinajstić information content (AvgIpc) is 2.92. The van der Waals surface area contributed by atoms with E-state index in [1.54, 1.807) is 48.5 Å². The topological polar surface area (TPSA) is 104 Å². The van der Waals surface area contributed by atoms with Gasteiger partial charge in [-0.1, -0.05) is 83.9 Å². The van der Waals surface area contributed by atoms with Crippen molar-refractivity contribution in [3.63, 3.8) is 0 Å². The van der Waals surface area contributed by atoms with Crippen molar-refractivity contribution < 1.29 is 21.9 Å². The van der Waals surface area contributed by atoms with Gasteiger partial charge >= 0.3 is 0 Å². The summed E-state index contributed by atoms with van der Waals surface area (Å²) in [4.78, 5) is 0.163. The highest BCUT2D eigenvalue weighted by atomic mass is 32.2. The van der Waals surface area contributed by atoms with Gasteiger partial charge in [0.2, 0.25) is 10.0 Å². The lowest BCUT2D eigenvalue weighted by atomic mass is 10.1. The number of benzene rings is 4. The lowest BCUT2D eigenvalue weighted by molar-refractivity contribution is 0.282. The monoisotopic (exact) mass is 564 g/mol. The number of aliphatic hydroxyl groups is 1. The number of anilines is 1. The first-order valence-corrected chi connectivity index (χ1v) is 15.4. The molecule has 204 valence electrons. The fraction of sp³-hybridized carbons (Fsp3) is 0.200. The molecule has 0 aliphatic carbocycles. The van der Waals surface area contributed by atoms with Gasteiger partial charge in [0.25, 0.3) is 10.0 Å². The van der Waals surface area contributed by atoms with Crippen LogP contribution in [0, 0.1) is 13.8 Å². The summed E-state index contributed by atoms with van der Waals surface area (Å²) in [6.07, 6.45) is 0.243. The molecule has 0 radical (unpaired) electrons. The first-order valence-electron chi connectivity index (χ1n) is 12.5. The summed E-state index contributed by atoms with van der Waals surface area (Å²) in [5.41, 5.74) is 3.37. The predicted molar refractivity (Wildman–Crippen MR) is 154 cm³/mol. The van der Waals surface area contributed by atoms with E-state index in [4.69, 9.17) is 0 Å². The summed E-state index contributed by atoms with van der Waals surface area (Å²) in [7, 11) is -8.11. The van der Waals surface area contributed by atoms with Crippen molar-refractivity contribution in [1.29, 1.82) is 0 Å². The number of sulfonamides is 2. The van der Waals surface area contributed by atoms with Gasteiger partial charge in [-0.3, -0.25) is 4.31 Å². The molecule has 0 aliphatic heterocycles. The van der Waals surface area contributed by atoms with Crippen molar-refractivity contribution in [1.82, 2.24) is 4.72 Å². The van der Waals surface area contributed by atoms with Crippen molar-refractivity contribution in [3.05, 3.63) is 125 Å². The smallest absolute Gasteiger partial charge is 0.264 e. The van der Waals surface area contributed by atoms with Crippen LogP contribution in [0.3, 0.4) is 0 Å². The van der Waals surface area contributed by atoms with Crippen LogP contribution in [0.5, 0.6) is 0 Å². The van der Waals surface area contributed by atoms with Crippen molar-refractivity contribution in [2.45, 2.75) is 42.7 Å². The average molecular weight is 565 g/mol. The van der Waals surface area contributed by atoms with E-state index in [1.165, 1.54) is 28.6 Å². The third-order valence-electron chi connectivity index (χ3n) is 6.40. The van der Waals surface area contributed by atoms with Gasteiger partial charge in [0.15, 0.2) is 0 Å². The highest BCUT2D eigenvalue weighted by Gasteiger charge is 2.31. The second-order valence-electron chi connectivity index (χ2n) is 9.46. The summed E-state index contributed by atoms with van der Waals surface area (Å²) in [5, 5.41) is 10.0. The molecule has 0 saturated heterocycles. The molecule has 0 bridgehead atoms. The Labute approximate surface area is 230 Å². The maximum atomic E-state index is 14.0. The predicted octanol–water partition coefficient (Wildman–Crippen LogP) is 4.58. The zero-order chi connectivity index (χ0) is 28.0. The number of para-hydroxylation sites is 1. The van der Waals surface area contributed by atoms with Crippen LogP contribution in [0.25, 0.3) is 0 Å². The van der Waals surface area contributed by atoms with Crippen LogP contribution >= 0.6 is 0 Å². The molecule has 9 heteroatoms. The largest absolute Gasteiger partial charge is 0.392 e. The maximum absolute atomic E-state index is 14.0. The molecule has 4 rings (SSSR count). The number of hydrogen-bond acceptors (Lipinski definition) is 5. The Morgan fingerprint density at radius 2 is 1.26 bits per heavy atom. The summed E-state index contributed by atoms with van der Waals surface area (Å²) in [6, 6.07) is 28.1. The van der Waals surface area contributed by atoms with Gasteiger partial charge in [0, 0.05) is 11.6 Å². The minimum absolute atomic E-state index is 0.0701. The first-order chi connectivity index (χ1) is 18.6. The zero-order valence-corrected chi connectivity index (χ0v) is 23.5. The Morgan fingerprint density at radius 1 is 0.718 bits per heavy atom. The Bertz CT molecular complexity index is 1600. The summed E-state index contributed by atoms with van der Waals surface area (Å²) < 4.78 is 58.9. The van der Waals surface area contributed by atoms with Crippen molar-refractivity contribution in [3.8, 4) is 0 Å². The van der Waals surface area contributed by atoms with Gasteiger partial charge in [-0.2, -0.15) is 0 Å². The Hall–Kier alpha value is -3.50. The number of rotatable bonds is 11. The third-order valence-corrected chi connectivity index (χ3v) is 9.73. The molecular formula is C30H32N2O5S2. The third kappa shape index (κ3) is 6.93. The highest BCUT2D eigenvalue weighted by molar-refractivity contribution is 7.92. The van der Waals surface area contributed by atoms with E-state index in [-0.39, 0.29) is 35.1 Å². The van der Waals surface area contributed by atoms with Crippen molar-refractivity contribution in [2.24, 2.45) is 0 Å². The molecule has 0 fully saturated rings. The van der Waals surface area contributed by atoms with Gasteiger partial charge in [0.1, 0.15) is 0 Å². The van der Waals surface area contributed by atoms with Gasteiger partial charge in [-0.05, 0) is 56.2 Å². The van der Waals surface area contributed by atoms with Crippen LogP contribution in [0.4, 0.5) is 5.69 Å². The fourth-order valence-electron chi connectivity index (χ4n) is 4.30. The quantitative estimate of drug-likeness (QED) is 0.278. The fourth-order valence-corrected chi connectivity index (χ4v) is 7.07. The van der Waals surface area contributed by atoms with Crippen LogP contribution < -0.4 is 9.03 Å². The molecule has 4 aromatic carbocycles. The van der Waals surface area contributed by atoms with E-state index in [2.05, 4.69) is 4.72 Å². The summed E-state index contributed by atoms with van der Waals surface area (Å²) in [5.74, 6) is 0. The van der Waals surface area contributed by atoms with E-state index in [1.807, 2.05) is 44.2 Å². The van der Waals surface area contributed by atoms with Crippen molar-refractivity contribution in [2.75, 3.05) is 10.8 Å². The molecule has 0 aliphatic rings. The van der Waals surface area contributed by atoms with E-state index < -0.39 is 26.1 Å². The maximum Gasteiger partial charge on any atom is 0.264 e. The highest BCUT2D eigenvalue weighted by Crippen LogP contribution is 2.28. The van der Waals surface area contributed by atoms with Crippen LogP contribution in [0.1, 0.15) is 22.3 Å². The van der Waals surface area contributed by atoms with Gasteiger partial charge in [-0.25, -0.2) is 21.6 Å². The summed E-state index contributed by atoms with van der Waals surface area (Å²) >= 11 is 0. The van der Waals surface area contributed by atoms with Crippen molar-refractivity contribution >= 4 is 25.7 Å². The molecule has 0 spiro atoms. The molecule has 0 unspecified atom stereocenters. The lowest BCUT2D eigenvalue weighted by Crippen LogP contribution is -2.47. The molecule has 7 nitrogen and oxygen atoms in total. The zero-order valence-electron chi connectivity index (χ0n) is 21.9. The standard InChI is InChI=1S/C30H32N2O5S2/c1-23-12-16-28(17-13-23)38(34,35)31-27(20-25-8-4-3-5-9-25)21-32(30-11-7-6-10-26(30)22-33)39(36,37)29-18-14-24(2)15-19-29/h3-19,27,31,33H,20-22H2,1-2H3/t27-/m0/s1. The van der Waals surface area contributed by atoms with Gasteiger partial charge in [0.05, 0.1) is 28.6 Å². The molecule has 0 aromatic heterocycles. The molecule has 0 saturated carbocycles. The number of aryl methyl sites for hydroxylation is 2. The van der Waals surface area contributed by atoms with Crippen LogP contribution in [0.15, 0.2) is 113 Å². The Balaban J connectivity index is 1.80. The first kappa shape index (κ1) is 28.5. The second kappa shape index (κ2) is 12.1. The minimum atomic E-state index is -4.13. The van der Waals surface area contributed by atoms with E-state index >= 15 is 0 Å². The van der Waals surface area contributed by atoms with Gasteiger partial charge < -0.3 is 5.11 Å². The van der Waals surface area contributed by atoms with Gasteiger partial charge in [-0.15, -0.1) is 0 Å². The molecule has 4 aromatic rings. The van der Waals surface area contributed by atoms with E-state index in [0.717, 1.165) is 16.7 Å².